The molecule has 2 saturated heterocycles. The Morgan fingerprint density at radius 3 is 1.79 bits per heavy atom. The number of rotatable bonds is 2. The highest BCUT2D eigenvalue weighted by atomic mass is 16.2. The van der Waals surface area contributed by atoms with Crippen molar-refractivity contribution in [2.75, 3.05) is 26.2 Å². The van der Waals surface area contributed by atoms with E-state index in [9.17, 15) is 9.59 Å². The van der Waals surface area contributed by atoms with Gasteiger partial charge in [-0.05, 0) is 37.8 Å². The summed E-state index contributed by atoms with van der Waals surface area (Å²) in [6, 6.07) is 3.41. The van der Waals surface area contributed by atoms with E-state index in [1.54, 1.807) is 18.3 Å². The molecule has 0 spiro atoms. The lowest BCUT2D eigenvalue weighted by atomic mass is 10.1. The van der Waals surface area contributed by atoms with Crippen LogP contribution < -0.4 is 0 Å². The van der Waals surface area contributed by atoms with Gasteiger partial charge in [0.2, 0.25) is 0 Å². The van der Waals surface area contributed by atoms with Crippen molar-refractivity contribution in [1.82, 2.24) is 14.8 Å². The fourth-order valence-corrected chi connectivity index (χ4v) is 3.57. The third kappa shape index (κ3) is 4.13. The summed E-state index contributed by atoms with van der Waals surface area (Å²) in [5.41, 5.74) is 0.989. The molecule has 0 radical (unpaired) electrons. The Balaban J connectivity index is 1.73. The molecule has 1 aromatic rings. The number of carbonyl (C=O) groups excluding carboxylic acids is 2. The molecule has 0 aromatic carbocycles. The van der Waals surface area contributed by atoms with Gasteiger partial charge in [0.1, 0.15) is 5.69 Å². The van der Waals surface area contributed by atoms with Crippen LogP contribution in [0.5, 0.6) is 0 Å². The van der Waals surface area contributed by atoms with Crippen LogP contribution in [-0.4, -0.2) is 52.8 Å². The monoisotopic (exact) mass is 329 g/mol. The molecule has 5 heteroatoms. The quantitative estimate of drug-likeness (QED) is 0.838. The smallest absolute Gasteiger partial charge is 0.272 e. The van der Waals surface area contributed by atoms with Gasteiger partial charge in [-0.25, -0.2) is 0 Å². The molecule has 0 unspecified atom stereocenters. The van der Waals surface area contributed by atoms with E-state index in [2.05, 4.69) is 4.98 Å². The van der Waals surface area contributed by atoms with Crippen LogP contribution in [0.2, 0.25) is 0 Å². The second kappa shape index (κ2) is 8.27. The van der Waals surface area contributed by atoms with Crippen molar-refractivity contribution in [3.8, 4) is 0 Å². The van der Waals surface area contributed by atoms with Gasteiger partial charge in [-0.2, -0.15) is 0 Å². The van der Waals surface area contributed by atoms with Crippen molar-refractivity contribution in [2.45, 2.75) is 51.4 Å². The molecule has 1 aromatic heterocycles. The highest BCUT2D eigenvalue weighted by Gasteiger charge is 2.22. The van der Waals surface area contributed by atoms with Crippen LogP contribution in [0.4, 0.5) is 0 Å². The Morgan fingerprint density at radius 1 is 0.750 bits per heavy atom. The number of aromatic nitrogens is 1. The normalized spacial score (nSPS) is 19.5. The Kier molecular flexibility index (Phi) is 5.83. The van der Waals surface area contributed by atoms with E-state index in [0.717, 1.165) is 51.9 Å². The van der Waals surface area contributed by atoms with E-state index in [1.807, 2.05) is 9.80 Å². The van der Waals surface area contributed by atoms with Gasteiger partial charge in [0, 0.05) is 37.9 Å². The molecular formula is C19H27N3O2. The van der Waals surface area contributed by atoms with Crippen molar-refractivity contribution in [1.29, 1.82) is 0 Å². The standard InChI is InChI=1S/C19H27N3O2/c23-18(21-11-5-1-2-6-12-21)16-9-10-20-17(15-16)19(24)22-13-7-3-4-8-14-22/h9-10,15H,1-8,11-14H2. The molecule has 24 heavy (non-hydrogen) atoms. The fourth-order valence-electron chi connectivity index (χ4n) is 3.57. The lowest BCUT2D eigenvalue weighted by Gasteiger charge is -2.22. The summed E-state index contributed by atoms with van der Waals surface area (Å²) in [7, 11) is 0. The predicted molar refractivity (Wildman–Crippen MR) is 93.0 cm³/mol. The van der Waals surface area contributed by atoms with Gasteiger partial charge in [-0.15, -0.1) is 0 Å². The maximum Gasteiger partial charge on any atom is 0.272 e. The van der Waals surface area contributed by atoms with Crippen LogP contribution in [0.1, 0.15) is 72.2 Å². The lowest BCUT2D eigenvalue weighted by molar-refractivity contribution is 0.0755. The van der Waals surface area contributed by atoms with Gasteiger partial charge in [0.05, 0.1) is 0 Å². The SMILES string of the molecule is O=C(c1ccnc(C(=O)N2CCCCCC2)c1)N1CCCCCC1. The van der Waals surface area contributed by atoms with Gasteiger partial charge >= 0.3 is 0 Å². The molecule has 3 rings (SSSR count). The molecule has 2 aliphatic heterocycles. The average molecular weight is 329 g/mol. The van der Waals surface area contributed by atoms with E-state index in [4.69, 9.17) is 0 Å². The summed E-state index contributed by atoms with van der Waals surface area (Å²) < 4.78 is 0. The largest absolute Gasteiger partial charge is 0.339 e. The molecular weight excluding hydrogens is 302 g/mol. The summed E-state index contributed by atoms with van der Waals surface area (Å²) in [6.45, 7) is 3.22. The first-order valence-corrected chi connectivity index (χ1v) is 9.30. The molecule has 0 aliphatic carbocycles. The van der Waals surface area contributed by atoms with E-state index >= 15 is 0 Å². The van der Waals surface area contributed by atoms with Crippen molar-refractivity contribution in [3.05, 3.63) is 29.6 Å². The summed E-state index contributed by atoms with van der Waals surface area (Å²) in [6.07, 6.45) is 10.6. The minimum atomic E-state index is -0.0394. The zero-order chi connectivity index (χ0) is 16.8. The van der Waals surface area contributed by atoms with Crippen LogP contribution in [0.3, 0.4) is 0 Å². The van der Waals surface area contributed by atoms with Crippen molar-refractivity contribution < 1.29 is 9.59 Å². The van der Waals surface area contributed by atoms with Crippen LogP contribution in [0.15, 0.2) is 18.3 Å². The maximum absolute atomic E-state index is 12.7. The third-order valence-electron chi connectivity index (χ3n) is 5.01. The van der Waals surface area contributed by atoms with Gasteiger partial charge in [-0.3, -0.25) is 14.6 Å². The third-order valence-corrected chi connectivity index (χ3v) is 5.01. The molecule has 0 bridgehead atoms. The summed E-state index contributed by atoms with van der Waals surface area (Å²) in [4.78, 5) is 33.5. The first kappa shape index (κ1) is 16.9. The number of hydrogen-bond acceptors (Lipinski definition) is 3. The van der Waals surface area contributed by atoms with E-state index in [-0.39, 0.29) is 11.8 Å². The second-order valence-electron chi connectivity index (χ2n) is 6.84. The van der Waals surface area contributed by atoms with E-state index in [0.29, 0.717) is 11.3 Å². The number of likely N-dealkylation sites (tertiary alicyclic amines) is 2. The highest BCUT2D eigenvalue weighted by Crippen LogP contribution is 2.16. The Morgan fingerprint density at radius 2 is 1.25 bits per heavy atom. The molecule has 0 atom stereocenters. The van der Waals surface area contributed by atoms with Crippen molar-refractivity contribution in [2.24, 2.45) is 0 Å². The number of carbonyl (C=O) groups is 2. The van der Waals surface area contributed by atoms with Crippen LogP contribution in [-0.2, 0) is 0 Å². The fraction of sp³-hybridized carbons (Fsp3) is 0.632. The molecule has 2 fully saturated rings. The Hall–Kier alpha value is -1.91. The molecule has 0 saturated carbocycles. The lowest BCUT2D eigenvalue weighted by Crippen LogP contribution is -2.34. The van der Waals surface area contributed by atoms with Gasteiger partial charge in [0.15, 0.2) is 0 Å². The van der Waals surface area contributed by atoms with Gasteiger partial charge in [0.25, 0.3) is 11.8 Å². The molecule has 5 nitrogen and oxygen atoms in total. The first-order chi connectivity index (χ1) is 11.8. The molecule has 2 amide bonds. The average Bonchev–Trinajstić information content (AvgIpc) is 3.05. The topological polar surface area (TPSA) is 53.5 Å². The number of hydrogen-bond donors (Lipinski definition) is 0. The van der Waals surface area contributed by atoms with E-state index in [1.165, 1.54) is 25.7 Å². The minimum Gasteiger partial charge on any atom is -0.339 e. The van der Waals surface area contributed by atoms with Crippen LogP contribution in [0, 0.1) is 0 Å². The second-order valence-corrected chi connectivity index (χ2v) is 6.84. The van der Waals surface area contributed by atoms with Gasteiger partial charge < -0.3 is 9.80 Å². The summed E-state index contributed by atoms with van der Waals surface area (Å²) in [5, 5.41) is 0. The highest BCUT2D eigenvalue weighted by molar-refractivity contribution is 5.98. The first-order valence-electron chi connectivity index (χ1n) is 9.30. The number of amides is 2. The molecule has 0 N–H and O–H groups in total. The number of pyridine rings is 1. The molecule has 2 aliphatic rings. The number of nitrogens with zero attached hydrogens (tertiary/aromatic N) is 3. The van der Waals surface area contributed by atoms with Gasteiger partial charge in [-0.1, -0.05) is 25.7 Å². The van der Waals surface area contributed by atoms with Crippen LogP contribution in [0.25, 0.3) is 0 Å². The minimum absolute atomic E-state index is 0.0317. The Labute approximate surface area is 144 Å². The van der Waals surface area contributed by atoms with Crippen molar-refractivity contribution in [3.63, 3.8) is 0 Å². The zero-order valence-electron chi connectivity index (χ0n) is 14.4. The molecule has 3 heterocycles. The summed E-state index contributed by atoms with van der Waals surface area (Å²) in [5.74, 6) is -0.00775. The van der Waals surface area contributed by atoms with Crippen LogP contribution >= 0.6 is 0 Å². The Bertz CT molecular complexity index is 524. The van der Waals surface area contributed by atoms with Crippen molar-refractivity contribution >= 4 is 11.8 Å². The van der Waals surface area contributed by atoms with E-state index < -0.39 is 0 Å². The zero-order valence-corrected chi connectivity index (χ0v) is 14.4. The summed E-state index contributed by atoms with van der Waals surface area (Å²) >= 11 is 0. The molecule has 130 valence electrons. The predicted octanol–water partition coefficient (Wildman–Crippen LogP) is 3.11. The maximum atomic E-state index is 12.7.